The molecule has 0 fully saturated rings. The molecule has 3 nitrogen and oxygen atoms in total. The summed E-state index contributed by atoms with van der Waals surface area (Å²) in [6, 6.07) is 0. The van der Waals surface area contributed by atoms with Gasteiger partial charge in [-0.25, -0.2) is 4.98 Å². The van der Waals surface area contributed by atoms with Crippen LogP contribution in [0.2, 0.25) is 0 Å². The molecule has 1 rings (SSSR count). The molecule has 0 saturated carbocycles. The number of hydrogen-bond acceptors (Lipinski definition) is 2. The molecule has 1 N–H and O–H groups in total. The van der Waals surface area contributed by atoms with Crippen molar-refractivity contribution in [3.63, 3.8) is 0 Å². The molecular formula is C11H17BrN2O. The molecule has 1 aromatic heterocycles. The lowest BCUT2D eigenvalue weighted by Crippen LogP contribution is -2.17. The lowest BCUT2D eigenvalue weighted by atomic mass is 10.1. The Labute approximate surface area is 98.5 Å². The molecule has 1 aromatic rings. The normalized spacial score (nSPS) is 11.4. The van der Waals surface area contributed by atoms with Crippen molar-refractivity contribution in [1.29, 1.82) is 0 Å². The highest BCUT2D eigenvalue weighted by molar-refractivity contribution is 9.10. The fourth-order valence-corrected chi connectivity index (χ4v) is 2.04. The summed E-state index contributed by atoms with van der Waals surface area (Å²) in [7, 11) is 0. The molecule has 0 spiro atoms. The van der Waals surface area contributed by atoms with Crippen molar-refractivity contribution in [2.45, 2.75) is 40.0 Å². The maximum Gasteiger partial charge on any atom is 0.265 e. The van der Waals surface area contributed by atoms with Gasteiger partial charge in [-0.15, -0.1) is 0 Å². The summed E-state index contributed by atoms with van der Waals surface area (Å²) in [5.74, 6) is 1.53. The predicted octanol–water partition coefficient (Wildman–Crippen LogP) is 2.85. The first kappa shape index (κ1) is 12.4. The average Bonchev–Trinajstić information content (AvgIpc) is 2.09. The van der Waals surface area contributed by atoms with E-state index in [1.807, 2.05) is 13.8 Å². The molecule has 15 heavy (non-hydrogen) atoms. The van der Waals surface area contributed by atoms with Crippen LogP contribution < -0.4 is 5.56 Å². The van der Waals surface area contributed by atoms with Gasteiger partial charge in [-0.1, -0.05) is 27.7 Å². The smallest absolute Gasteiger partial charge is 0.265 e. The monoisotopic (exact) mass is 272 g/mol. The van der Waals surface area contributed by atoms with Gasteiger partial charge >= 0.3 is 0 Å². The molecular weight excluding hydrogens is 256 g/mol. The van der Waals surface area contributed by atoms with Crippen LogP contribution in [0.4, 0.5) is 0 Å². The van der Waals surface area contributed by atoms with E-state index in [4.69, 9.17) is 0 Å². The molecule has 0 bridgehead atoms. The van der Waals surface area contributed by atoms with E-state index in [-0.39, 0.29) is 11.5 Å². The Morgan fingerprint density at radius 3 is 2.40 bits per heavy atom. The summed E-state index contributed by atoms with van der Waals surface area (Å²) < 4.78 is 0.560. The third kappa shape index (κ3) is 3.16. The molecule has 0 saturated heterocycles. The van der Waals surface area contributed by atoms with E-state index in [2.05, 4.69) is 39.7 Å². The molecule has 0 radical (unpaired) electrons. The van der Waals surface area contributed by atoms with Crippen LogP contribution in [0.3, 0.4) is 0 Å². The minimum atomic E-state index is -0.0793. The van der Waals surface area contributed by atoms with E-state index in [1.165, 1.54) is 0 Å². The maximum absolute atomic E-state index is 11.6. The number of hydrogen-bond donors (Lipinski definition) is 1. The van der Waals surface area contributed by atoms with Gasteiger partial charge in [-0.2, -0.15) is 0 Å². The average molecular weight is 273 g/mol. The summed E-state index contributed by atoms with van der Waals surface area (Å²) in [5, 5.41) is 0. The molecule has 84 valence electrons. The predicted molar refractivity (Wildman–Crippen MR) is 65.2 cm³/mol. The molecule has 0 aliphatic carbocycles. The van der Waals surface area contributed by atoms with Crippen molar-refractivity contribution in [2.24, 2.45) is 5.92 Å². The number of halogens is 1. The second-order valence-electron chi connectivity index (χ2n) is 4.46. The second kappa shape index (κ2) is 4.92. The summed E-state index contributed by atoms with van der Waals surface area (Å²) in [5.41, 5.74) is 0.763. The maximum atomic E-state index is 11.6. The van der Waals surface area contributed by atoms with Crippen LogP contribution in [0.1, 0.15) is 45.1 Å². The van der Waals surface area contributed by atoms with E-state index in [0.29, 0.717) is 10.4 Å². The summed E-state index contributed by atoms with van der Waals surface area (Å²) in [6.45, 7) is 8.28. The van der Waals surface area contributed by atoms with Gasteiger partial charge in [0.2, 0.25) is 0 Å². The Balaban J connectivity index is 3.18. The van der Waals surface area contributed by atoms with E-state index >= 15 is 0 Å². The quantitative estimate of drug-likeness (QED) is 0.920. The standard InChI is InChI=1S/C11H17BrN2O/c1-6(2)5-8-13-10(7(3)4)9(12)11(15)14-8/h6-7H,5H2,1-4H3,(H,13,14,15). The Morgan fingerprint density at radius 2 is 1.93 bits per heavy atom. The third-order valence-electron chi connectivity index (χ3n) is 2.09. The number of nitrogens with zero attached hydrogens (tertiary/aromatic N) is 1. The van der Waals surface area contributed by atoms with Crippen LogP contribution in [-0.4, -0.2) is 9.97 Å². The largest absolute Gasteiger partial charge is 0.310 e. The van der Waals surface area contributed by atoms with Gasteiger partial charge < -0.3 is 4.98 Å². The number of nitrogens with one attached hydrogen (secondary N) is 1. The van der Waals surface area contributed by atoms with E-state index in [9.17, 15) is 4.79 Å². The molecule has 4 heteroatoms. The number of aromatic amines is 1. The van der Waals surface area contributed by atoms with Crippen molar-refractivity contribution >= 4 is 15.9 Å². The zero-order valence-electron chi connectivity index (χ0n) is 9.60. The zero-order chi connectivity index (χ0) is 11.6. The number of rotatable bonds is 3. The van der Waals surface area contributed by atoms with Crippen LogP contribution in [0.5, 0.6) is 0 Å². The van der Waals surface area contributed by atoms with Crippen molar-refractivity contribution in [2.75, 3.05) is 0 Å². The Morgan fingerprint density at radius 1 is 1.33 bits per heavy atom. The van der Waals surface area contributed by atoms with Gasteiger partial charge in [0.1, 0.15) is 10.3 Å². The first-order chi connectivity index (χ1) is 6.91. The highest BCUT2D eigenvalue weighted by Crippen LogP contribution is 2.19. The first-order valence-electron chi connectivity index (χ1n) is 5.20. The lowest BCUT2D eigenvalue weighted by Gasteiger charge is -2.10. The van der Waals surface area contributed by atoms with E-state index in [1.54, 1.807) is 0 Å². The van der Waals surface area contributed by atoms with Crippen molar-refractivity contribution in [1.82, 2.24) is 9.97 Å². The second-order valence-corrected chi connectivity index (χ2v) is 5.26. The fraction of sp³-hybridized carbons (Fsp3) is 0.636. The minimum Gasteiger partial charge on any atom is -0.310 e. The Hall–Kier alpha value is -0.640. The van der Waals surface area contributed by atoms with Gasteiger partial charge in [-0.05, 0) is 27.8 Å². The van der Waals surface area contributed by atoms with E-state index < -0.39 is 0 Å². The van der Waals surface area contributed by atoms with Crippen molar-refractivity contribution < 1.29 is 0 Å². The SMILES string of the molecule is CC(C)Cc1nc(C(C)C)c(Br)c(=O)[nH]1. The molecule has 0 aliphatic rings. The van der Waals surface area contributed by atoms with Gasteiger partial charge in [0.15, 0.2) is 0 Å². The Bertz CT molecular complexity index is 396. The van der Waals surface area contributed by atoms with Gasteiger partial charge in [0, 0.05) is 6.42 Å². The van der Waals surface area contributed by atoms with Crippen molar-refractivity contribution in [3.05, 3.63) is 26.3 Å². The zero-order valence-corrected chi connectivity index (χ0v) is 11.2. The highest BCUT2D eigenvalue weighted by Gasteiger charge is 2.12. The molecule has 0 unspecified atom stereocenters. The molecule has 0 amide bonds. The summed E-state index contributed by atoms with van der Waals surface area (Å²) in [6.07, 6.45) is 0.808. The summed E-state index contributed by atoms with van der Waals surface area (Å²) in [4.78, 5) is 18.9. The van der Waals surface area contributed by atoms with Crippen LogP contribution >= 0.6 is 15.9 Å². The number of aromatic nitrogens is 2. The lowest BCUT2D eigenvalue weighted by molar-refractivity contribution is 0.610. The van der Waals surface area contributed by atoms with Gasteiger partial charge in [0.05, 0.1) is 5.69 Å². The molecule has 1 heterocycles. The minimum absolute atomic E-state index is 0.0793. The van der Waals surface area contributed by atoms with Crippen LogP contribution in [0, 0.1) is 5.92 Å². The van der Waals surface area contributed by atoms with Gasteiger partial charge in [0.25, 0.3) is 5.56 Å². The Kier molecular flexibility index (Phi) is 4.08. The number of H-pyrrole nitrogens is 1. The topological polar surface area (TPSA) is 45.8 Å². The third-order valence-corrected chi connectivity index (χ3v) is 2.85. The fourth-order valence-electron chi connectivity index (χ4n) is 1.39. The van der Waals surface area contributed by atoms with Gasteiger partial charge in [-0.3, -0.25) is 4.79 Å². The van der Waals surface area contributed by atoms with Crippen LogP contribution in [0.25, 0.3) is 0 Å². The highest BCUT2D eigenvalue weighted by atomic mass is 79.9. The summed E-state index contributed by atoms with van der Waals surface area (Å²) >= 11 is 3.27. The van der Waals surface area contributed by atoms with Crippen LogP contribution in [-0.2, 0) is 6.42 Å². The van der Waals surface area contributed by atoms with Crippen molar-refractivity contribution in [3.8, 4) is 0 Å². The molecule has 0 aromatic carbocycles. The van der Waals surface area contributed by atoms with E-state index in [0.717, 1.165) is 17.9 Å². The molecule has 0 atom stereocenters. The van der Waals surface area contributed by atoms with Crippen LogP contribution in [0.15, 0.2) is 9.27 Å². The first-order valence-corrected chi connectivity index (χ1v) is 5.99. The molecule has 0 aliphatic heterocycles.